The number of aryl methyl sites for hydroxylation is 1. The first-order chi connectivity index (χ1) is 10.2. The standard InChI is InChI=1S/C18H22FNS/c1-3-8-20-12-15-9-17(19)11-18(10-15)21-13-16-7-5-4-6-14(16)2/h4-7,9-11,20H,3,8,12-13H2,1-2H3. The second-order valence-electron chi connectivity index (χ2n) is 5.19. The van der Waals surface area contributed by atoms with E-state index >= 15 is 0 Å². The summed E-state index contributed by atoms with van der Waals surface area (Å²) in [6.07, 6.45) is 1.09. The molecular weight excluding hydrogens is 281 g/mol. The van der Waals surface area contributed by atoms with Gasteiger partial charge in [0.05, 0.1) is 0 Å². The van der Waals surface area contributed by atoms with Crippen LogP contribution in [0.15, 0.2) is 47.4 Å². The zero-order valence-electron chi connectivity index (χ0n) is 12.7. The fourth-order valence-electron chi connectivity index (χ4n) is 2.15. The first-order valence-electron chi connectivity index (χ1n) is 7.36. The van der Waals surface area contributed by atoms with E-state index in [0.29, 0.717) is 0 Å². The quantitative estimate of drug-likeness (QED) is 0.575. The van der Waals surface area contributed by atoms with Crippen molar-refractivity contribution in [1.82, 2.24) is 5.32 Å². The minimum Gasteiger partial charge on any atom is -0.313 e. The number of halogens is 1. The Labute approximate surface area is 131 Å². The third-order valence-corrected chi connectivity index (χ3v) is 4.37. The molecule has 0 bridgehead atoms. The van der Waals surface area contributed by atoms with E-state index in [4.69, 9.17) is 0 Å². The molecule has 0 aliphatic heterocycles. The van der Waals surface area contributed by atoms with Gasteiger partial charge in [-0.2, -0.15) is 0 Å². The maximum absolute atomic E-state index is 13.7. The van der Waals surface area contributed by atoms with Gasteiger partial charge in [-0.1, -0.05) is 31.2 Å². The van der Waals surface area contributed by atoms with Gasteiger partial charge in [-0.05, 0) is 54.8 Å². The van der Waals surface area contributed by atoms with Gasteiger partial charge >= 0.3 is 0 Å². The van der Waals surface area contributed by atoms with Gasteiger partial charge in [0.1, 0.15) is 5.82 Å². The van der Waals surface area contributed by atoms with Crippen LogP contribution in [0.1, 0.15) is 30.0 Å². The number of hydrogen-bond acceptors (Lipinski definition) is 2. The molecule has 0 atom stereocenters. The van der Waals surface area contributed by atoms with Crippen molar-refractivity contribution >= 4 is 11.8 Å². The summed E-state index contributed by atoms with van der Waals surface area (Å²) in [6, 6.07) is 13.6. The Bertz CT molecular complexity index is 583. The third-order valence-electron chi connectivity index (χ3n) is 3.34. The predicted octanol–water partition coefficient (Wildman–Crippen LogP) is 4.93. The molecule has 0 saturated carbocycles. The lowest BCUT2D eigenvalue weighted by Gasteiger charge is -2.08. The van der Waals surface area contributed by atoms with Crippen molar-refractivity contribution < 1.29 is 4.39 Å². The van der Waals surface area contributed by atoms with Crippen LogP contribution in [0.2, 0.25) is 0 Å². The molecule has 0 unspecified atom stereocenters. The van der Waals surface area contributed by atoms with E-state index in [1.54, 1.807) is 23.9 Å². The third kappa shape index (κ3) is 5.18. The van der Waals surface area contributed by atoms with E-state index in [0.717, 1.165) is 35.7 Å². The highest BCUT2D eigenvalue weighted by molar-refractivity contribution is 7.98. The molecule has 1 nitrogen and oxygen atoms in total. The molecular formula is C18H22FNS. The molecule has 0 aromatic heterocycles. The smallest absolute Gasteiger partial charge is 0.124 e. The Morgan fingerprint density at radius 3 is 2.71 bits per heavy atom. The summed E-state index contributed by atoms with van der Waals surface area (Å²) in [4.78, 5) is 0.992. The average Bonchev–Trinajstić information content (AvgIpc) is 2.46. The van der Waals surface area contributed by atoms with Gasteiger partial charge in [0.2, 0.25) is 0 Å². The van der Waals surface area contributed by atoms with E-state index in [-0.39, 0.29) is 5.82 Å². The topological polar surface area (TPSA) is 12.0 Å². The van der Waals surface area contributed by atoms with Crippen LogP contribution in [-0.2, 0) is 12.3 Å². The van der Waals surface area contributed by atoms with Gasteiger partial charge < -0.3 is 5.32 Å². The Morgan fingerprint density at radius 1 is 1.14 bits per heavy atom. The molecule has 0 aliphatic carbocycles. The lowest BCUT2D eigenvalue weighted by atomic mass is 10.1. The molecule has 2 rings (SSSR count). The van der Waals surface area contributed by atoms with Gasteiger partial charge in [0.15, 0.2) is 0 Å². The van der Waals surface area contributed by atoms with Crippen LogP contribution in [-0.4, -0.2) is 6.54 Å². The van der Waals surface area contributed by atoms with Crippen LogP contribution in [0.5, 0.6) is 0 Å². The van der Waals surface area contributed by atoms with Crippen molar-refractivity contribution in [3.63, 3.8) is 0 Å². The number of nitrogens with one attached hydrogen (secondary N) is 1. The van der Waals surface area contributed by atoms with Crippen LogP contribution in [0.3, 0.4) is 0 Å². The minimum atomic E-state index is -0.155. The Kier molecular flexibility index (Phi) is 6.27. The van der Waals surface area contributed by atoms with Crippen molar-refractivity contribution in [1.29, 1.82) is 0 Å². The molecule has 3 heteroatoms. The van der Waals surface area contributed by atoms with Gasteiger partial charge in [-0.25, -0.2) is 4.39 Å². The van der Waals surface area contributed by atoms with E-state index in [1.807, 2.05) is 6.07 Å². The summed E-state index contributed by atoms with van der Waals surface area (Å²) in [5.41, 5.74) is 3.60. The number of hydrogen-bond donors (Lipinski definition) is 1. The monoisotopic (exact) mass is 303 g/mol. The Balaban J connectivity index is 2.01. The maximum atomic E-state index is 13.7. The first kappa shape index (κ1) is 16.1. The van der Waals surface area contributed by atoms with Crippen LogP contribution in [0.25, 0.3) is 0 Å². The summed E-state index contributed by atoms with van der Waals surface area (Å²) in [6.45, 7) is 5.93. The molecule has 0 heterocycles. The average molecular weight is 303 g/mol. The maximum Gasteiger partial charge on any atom is 0.124 e. The zero-order valence-corrected chi connectivity index (χ0v) is 13.5. The molecule has 0 radical (unpaired) electrons. The van der Waals surface area contributed by atoms with Crippen LogP contribution in [0.4, 0.5) is 4.39 Å². The van der Waals surface area contributed by atoms with Crippen molar-refractivity contribution in [2.75, 3.05) is 6.54 Å². The van der Waals surface area contributed by atoms with Crippen molar-refractivity contribution in [2.24, 2.45) is 0 Å². The second-order valence-corrected chi connectivity index (χ2v) is 6.24. The molecule has 0 amide bonds. The van der Waals surface area contributed by atoms with Crippen LogP contribution in [0, 0.1) is 12.7 Å². The molecule has 0 fully saturated rings. The summed E-state index contributed by atoms with van der Waals surface area (Å²) in [5.74, 6) is 0.718. The fraction of sp³-hybridized carbons (Fsp3) is 0.333. The van der Waals surface area contributed by atoms with E-state index in [2.05, 4.69) is 43.4 Å². The van der Waals surface area contributed by atoms with Gasteiger partial charge in [-0.3, -0.25) is 0 Å². The van der Waals surface area contributed by atoms with E-state index in [9.17, 15) is 4.39 Å². The van der Waals surface area contributed by atoms with Crippen molar-refractivity contribution in [3.8, 4) is 0 Å². The SMILES string of the molecule is CCCNCc1cc(F)cc(SCc2ccccc2C)c1. The number of rotatable bonds is 7. The normalized spacial score (nSPS) is 10.8. The summed E-state index contributed by atoms with van der Waals surface area (Å²) < 4.78 is 13.7. The molecule has 112 valence electrons. The van der Waals surface area contributed by atoms with Gasteiger partial charge in [-0.15, -0.1) is 11.8 Å². The van der Waals surface area contributed by atoms with E-state index < -0.39 is 0 Å². The fourth-order valence-corrected chi connectivity index (χ4v) is 3.23. The Hall–Kier alpha value is -1.32. The number of benzene rings is 2. The van der Waals surface area contributed by atoms with Gasteiger partial charge in [0, 0.05) is 17.2 Å². The van der Waals surface area contributed by atoms with Gasteiger partial charge in [0.25, 0.3) is 0 Å². The molecule has 2 aromatic carbocycles. The molecule has 2 aromatic rings. The Morgan fingerprint density at radius 2 is 1.95 bits per heavy atom. The lowest BCUT2D eigenvalue weighted by Crippen LogP contribution is -2.13. The van der Waals surface area contributed by atoms with Crippen molar-refractivity contribution in [2.45, 2.75) is 37.5 Å². The molecule has 21 heavy (non-hydrogen) atoms. The largest absolute Gasteiger partial charge is 0.313 e. The minimum absolute atomic E-state index is 0.155. The van der Waals surface area contributed by atoms with Crippen LogP contribution >= 0.6 is 11.8 Å². The second kappa shape index (κ2) is 8.20. The molecule has 0 spiro atoms. The highest BCUT2D eigenvalue weighted by Crippen LogP contribution is 2.26. The number of thioether (sulfide) groups is 1. The lowest BCUT2D eigenvalue weighted by molar-refractivity contribution is 0.615. The predicted molar refractivity (Wildman–Crippen MR) is 89.1 cm³/mol. The molecule has 0 aliphatic rings. The first-order valence-corrected chi connectivity index (χ1v) is 8.35. The zero-order chi connectivity index (χ0) is 15.1. The molecule has 0 saturated heterocycles. The van der Waals surface area contributed by atoms with E-state index in [1.165, 1.54) is 11.1 Å². The molecule has 1 N–H and O–H groups in total. The summed E-state index contributed by atoms with van der Waals surface area (Å²) >= 11 is 1.69. The summed E-state index contributed by atoms with van der Waals surface area (Å²) in [5, 5.41) is 3.31. The highest BCUT2D eigenvalue weighted by atomic mass is 32.2. The summed E-state index contributed by atoms with van der Waals surface area (Å²) in [7, 11) is 0. The van der Waals surface area contributed by atoms with Crippen molar-refractivity contribution in [3.05, 3.63) is 65.0 Å². The van der Waals surface area contributed by atoms with Crippen LogP contribution < -0.4 is 5.32 Å². The highest BCUT2D eigenvalue weighted by Gasteiger charge is 2.03.